The second-order valence-corrected chi connectivity index (χ2v) is 4.99. The van der Waals surface area contributed by atoms with Gasteiger partial charge in [0.2, 0.25) is 0 Å². The Morgan fingerprint density at radius 2 is 2.21 bits per heavy atom. The molecule has 1 aliphatic rings. The lowest BCUT2D eigenvalue weighted by Crippen LogP contribution is -2.14. The molecule has 1 saturated heterocycles. The average molecular weight is 258 g/mol. The van der Waals surface area contributed by atoms with Crippen LogP contribution in [0, 0.1) is 0 Å². The van der Waals surface area contributed by atoms with Gasteiger partial charge in [0.25, 0.3) is 0 Å². The first kappa shape index (κ1) is 14.0. The summed E-state index contributed by atoms with van der Waals surface area (Å²) in [6.07, 6.45) is 6.15. The van der Waals surface area contributed by atoms with Crippen molar-refractivity contribution < 1.29 is 9.78 Å². The van der Waals surface area contributed by atoms with Crippen LogP contribution in [-0.4, -0.2) is 12.7 Å². The molecule has 2 rings (SSSR count). The molecule has 0 aliphatic carbocycles. The van der Waals surface area contributed by atoms with Crippen LogP contribution >= 0.6 is 0 Å². The summed E-state index contributed by atoms with van der Waals surface area (Å²) in [7, 11) is 0. The number of hydrogen-bond acceptors (Lipinski definition) is 2. The minimum atomic E-state index is -0.0441. The number of allylic oxidation sites excluding steroid dienone is 2. The minimum Gasteiger partial charge on any atom is -0.235 e. The molecule has 0 spiro atoms. The summed E-state index contributed by atoms with van der Waals surface area (Å²) >= 11 is 0. The average Bonchev–Trinajstić information content (AvgIpc) is 2.93. The predicted molar refractivity (Wildman–Crippen MR) is 78.0 cm³/mol. The van der Waals surface area contributed by atoms with Gasteiger partial charge in [0.1, 0.15) is 6.10 Å². The molecule has 2 atom stereocenters. The first-order valence-corrected chi connectivity index (χ1v) is 6.90. The second kappa shape index (κ2) is 6.69. The highest BCUT2D eigenvalue weighted by Crippen LogP contribution is 2.31. The van der Waals surface area contributed by atoms with Crippen LogP contribution in [0.1, 0.15) is 37.3 Å². The van der Waals surface area contributed by atoms with Gasteiger partial charge in [-0.05, 0) is 30.9 Å². The molecular weight excluding hydrogens is 236 g/mol. The Morgan fingerprint density at radius 3 is 2.95 bits per heavy atom. The Balaban J connectivity index is 2.23. The molecule has 1 heterocycles. The van der Waals surface area contributed by atoms with Gasteiger partial charge >= 0.3 is 0 Å². The van der Waals surface area contributed by atoms with Crippen molar-refractivity contribution >= 4 is 0 Å². The van der Waals surface area contributed by atoms with Crippen LogP contribution in [0.2, 0.25) is 0 Å². The van der Waals surface area contributed by atoms with E-state index in [4.69, 9.17) is 9.78 Å². The Hall–Kier alpha value is -1.38. The van der Waals surface area contributed by atoms with Gasteiger partial charge in [0, 0.05) is 5.92 Å². The maximum absolute atomic E-state index is 5.24. The molecule has 0 bridgehead atoms. The molecule has 0 amide bonds. The second-order valence-electron chi connectivity index (χ2n) is 4.99. The fourth-order valence-electron chi connectivity index (χ4n) is 2.33. The fraction of sp³-hybridized carbons (Fsp3) is 0.412. The zero-order valence-electron chi connectivity index (χ0n) is 11.8. The summed E-state index contributed by atoms with van der Waals surface area (Å²) in [6, 6.07) is 8.53. The van der Waals surface area contributed by atoms with E-state index in [0.29, 0.717) is 6.61 Å². The molecular formula is C17H22O2. The minimum absolute atomic E-state index is 0.0441. The van der Waals surface area contributed by atoms with E-state index in [1.165, 1.54) is 16.7 Å². The summed E-state index contributed by atoms with van der Waals surface area (Å²) < 4.78 is 0. The van der Waals surface area contributed by atoms with Gasteiger partial charge < -0.3 is 0 Å². The lowest BCUT2D eigenvalue weighted by Gasteiger charge is -2.16. The van der Waals surface area contributed by atoms with E-state index in [2.05, 4.69) is 50.8 Å². The molecule has 1 aromatic rings. The third-order valence-electron chi connectivity index (χ3n) is 3.74. The Bertz CT molecular complexity index is 462. The summed E-state index contributed by atoms with van der Waals surface area (Å²) in [6.45, 7) is 8.78. The van der Waals surface area contributed by atoms with E-state index in [1.807, 2.05) is 6.08 Å². The zero-order valence-corrected chi connectivity index (χ0v) is 11.8. The summed E-state index contributed by atoms with van der Waals surface area (Å²) in [5, 5.41) is 0. The largest absolute Gasteiger partial charge is 0.235 e. The van der Waals surface area contributed by atoms with Gasteiger partial charge in [-0.3, -0.25) is 0 Å². The Labute approximate surface area is 115 Å². The number of rotatable bonds is 5. The highest BCUT2D eigenvalue weighted by atomic mass is 17.2. The van der Waals surface area contributed by atoms with Crippen LogP contribution in [0.3, 0.4) is 0 Å². The lowest BCUT2D eigenvalue weighted by molar-refractivity contribution is -0.265. The molecule has 2 nitrogen and oxygen atoms in total. The summed E-state index contributed by atoms with van der Waals surface area (Å²) in [5.41, 5.74) is 4.08. The smallest absolute Gasteiger partial charge is 0.120 e. The van der Waals surface area contributed by atoms with E-state index < -0.39 is 0 Å². The molecule has 0 saturated carbocycles. The third-order valence-corrected chi connectivity index (χ3v) is 3.74. The van der Waals surface area contributed by atoms with Crippen molar-refractivity contribution in [1.29, 1.82) is 0 Å². The van der Waals surface area contributed by atoms with Crippen LogP contribution in [0.4, 0.5) is 0 Å². The molecule has 0 aromatic heterocycles. The van der Waals surface area contributed by atoms with E-state index in [9.17, 15) is 0 Å². The first-order chi connectivity index (χ1) is 9.26. The van der Waals surface area contributed by atoms with Crippen LogP contribution in [0.15, 0.2) is 48.6 Å². The molecule has 0 N–H and O–H groups in total. The van der Waals surface area contributed by atoms with Gasteiger partial charge in [-0.1, -0.05) is 48.9 Å². The van der Waals surface area contributed by atoms with Gasteiger partial charge in [-0.25, -0.2) is 9.78 Å². The molecule has 1 aliphatic heterocycles. The standard InChI is InChI=1S/C17H22O2/c1-4-13(3)10-11-14-8-6-7-9-15(14)16-12-18-19-17(16)5-2/h5-10,16-17H,2,4,11-12H2,1,3H3/b13-10+. The number of hydrogen-bond donors (Lipinski definition) is 0. The SMILES string of the molecule is C=CC1OOCC1c1ccccc1C/C=C(\C)CC. The predicted octanol–water partition coefficient (Wildman–Crippen LogP) is 4.19. The van der Waals surface area contributed by atoms with Crippen molar-refractivity contribution in [2.24, 2.45) is 0 Å². The maximum Gasteiger partial charge on any atom is 0.120 e. The fourth-order valence-corrected chi connectivity index (χ4v) is 2.33. The van der Waals surface area contributed by atoms with Gasteiger partial charge in [0.05, 0.1) is 6.61 Å². The van der Waals surface area contributed by atoms with Crippen LogP contribution in [0.5, 0.6) is 0 Å². The van der Waals surface area contributed by atoms with E-state index in [0.717, 1.165) is 12.8 Å². The monoisotopic (exact) mass is 258 g/mol. The summed E-state index contributed by atoms with van der Waals surface area (Å²) in [5.74, 6) is 0.254. The zero-order chi connectivity index (χ0) is 13.7. The third kappa shape index (κ3) is 3.34. The maximum atomic E-state index is 5.24. The molecule has 2 unspecified atom stereocenters. The van der Waals surface area contributed by atoms with Crippen LogP contribution in [-0.2, 0) is 16.2 Å². The molecule has 2 heteroatoms. The van der Waals surface area contributed by atoms with Crippen LogP contribution in [0.25, 0.3) is 0 Å². The molecule has 0 radical (unpaired) electrons. The van der Waals surface area contributed by atoms with E-state index in [-0.39, 0.29) is 12.0 Å². The normalized spacial score (nSPS) is 23.6. The highest BCUT2D eigenvalue weighted by Gasteiger charge is 2.30. The van der Waals surface area contributed by atoms with Gasteiger partial charge in [-0.2, -0.15) is 0 Å². The topological polar surface area (TPSA) is 18.5 Å². The van der Waals surface area contributed by atoms with Crippen molar-refractivity contribution in [3.8, 4) is 0 Å². The van der Waals surface area contributed by atoms with Crippen molar-refractivity contribution in [2.45, 2.75) is 38.7 Å². The summed E-state index contributed by atoms with van der Waals surface area (Å²) in [4.78, 5) is 10.4. The number of benzene rings is 1. The first-order valence-electron chi connectivity index (χ1n) is 6.90. The Morgan fingerprint density at radius 1 is 1.42 bits per heavy atom. The van der Waals surface area contributed by atoms with E-state index >= 15 is 0 Å². The lowest BCUT2D eigenvalue weighted by atomic mass is 9.89. The van der Waals surface area contributed by atoms with E-state index in [1.54, 1.807) is 0 Å². The molecule has 1 aromatic carbocycles. The van der Waals surface area contributed by atoms with Crippen molar-refractivity contribution in [3.05, 3.63) is 59.7 Å². The van der Waals surface area contributed by atoms with Gasteiger partial charge in [0.15, 0.2) is 0 Å². The van der Waals surface area contributed by atoms with Gasteiger partial charge in [-0.15, -0.1) is 6.58 Å². The Kier molecular flexibility index (Phi) is 4.94. The van der Waals surface area contributed by atoms with Crippen molar-refractivity contribution in [1.82, 2.24) is 0 Å². The molecule has 102 valence electrons. The molecule has 19 heavy (non-hydrogen) atoms. The van der Waals surface area contributed by atoms with Crippen molar-refractivity contribution in [2.75, 3.05) is 6.61 Å². The highest BCUT2D eigenvalue weighted by molar-refractivity contribution is 5.34. The van der Waals surface area contributed by atoms with Crippen LogP contribution < -0.4 is 0 Å². The van der Waals surface area contributed by atoms with Crippen molar-refractivity contribution in [3.63, 3.8) is 0 Å². The quantitative estimate of drug-likeness (QED) is 0.582. The molecule has 1 fully saturated rings.